The van der Waals surface area contributed by atoms with Crippen LogP contribution in [0.1, 0.15) is 16.1 Å². The van der Waals surface area contributed by atoms with Crippen LogP contribution in [0.5, 0.6) is 5.75 Å². The molecule has 2 aromatic heterocycles. The van der Waals surface area contributed by atoms with Crippen molar-refractivity contribution in [2.75, 3.05) is 10.6 Å². The molecule has 0 bridgehead atoms. The van der Waals surface area contributed by atoms with E-state index < -0.39 is 5.91 Å². The molecule has 0 atom stereocenters. The number of benzene rings is 2. The molecule has 2 aromatic carbocycles. The number of hydrogen-bond donors (Lipinski definition) is 3. The Kier molecular flexibility index (Phi) is 4.77. The fourth-order valence-corrected chi connectivity index (χ4v) is 3.19. The van der Waals surface area contributed by atoms with E-state index in [0.29, 0.717) is 22.3 Å². The Bertz CT molecular complexity index is 1120. The number of carbonyl (C=O) groups excluding carboxylic acids is 1. The molecule has 0 saturated heterocycles. The molecule has 7 nitrogen and oxygen atoms in total. The van der Waals surface area contributed by atoms with Crippen LogP contribution in [0.2, 0.25) is 0 Å². The number of aryl methyl sites for hydroxylation is 1. The summed E-state index contributed by atoms with van der Waals surface area (Å²) < 4.78 is 5.26. The van der Waals surface area contributed by atoms with Crippen LogP contribution in [0.3, 0.4) is 0 Å². The first-order valence-electron chi connectivity index (χ1n) is 8.44. The number of aromatic hydroxyl groups is 1. The highest BCUT2D eigenvalue weighted by molar-refractivity contribution is 7.14. The summed E-state index contributed by atoms with van der Waals surface area (Å²) >= 11 is 1.42. The summed E-state index contributed by atoms with van der Waals surface area (Å²) in [5, 5.41) is 21.9. The van der Waals surface area contributed by atoms with Gasteiger partial charge in [-0.1, -0.05) is 35.0 Å². The smallest absolute Gasteiger partial charge is 0.277 e. The van der Waals surface area contributed by atoms with Gasteiger partial charge in [0.05, 0.1) is 5.69 Å². The minimum absolute atomic E-state index is 0.0223. The fourth-order valence-electron chi connectivity index (χ4n) is 2.47. The van der Waals surface area contributed by atoms with Gasteiger partial charge in [0.15, 0.2) is 16.6 Å². The van der Waals surface area contributed by atoms with E-state index >= 15 is 0 Å². The maximum atomic E-state index is 12.3. The summed E-state index contributed by atoms with van der Waals surface area (Å²) in [6.07, 6.45) is 0. The molecule has 0 fully saturated rings. The van der Waals surface area contributed by atoms with Crippen LogP contribution < -0.4 is 10.6 Å². The minimum atomic E-state index is -0.482. The zero-order valence-corrected chi connectivity index (χ0v) is 15.7. The van der Waals surface area contributed by atoms with Crippen molar-refractivity contribution in [3.05, 3.63) is 71.2 Å². The molecule has 8 heteroatoms. The third-order valence-corrected chi connectivity index (χ3v) is 4.71. The lowest BCUT2D eigenvalue weighted by atomic mass is 10.2. The summed E-state index contributed by atoms with van der Waals surface area (Å²) in [4.78, 5) is 16.8. The van der Waals surface area contributed by atoms with Crippen LogP contribution in [-0.2, 0) is 0 Å². The predicted molar refractivity (Wildman–Crippen MR) is 108 cm³/mol. The molecule has 0 unspecified atom stereocenters. The number of amides is 1. The predicted octanol–water partition coefficient (Wildman–Crippen LogP) is 4.81. The zero-order chi connectivity index (χ0) is 19.5. The summed E-state index contributed by atoms with van der Waals surface area (Å²) in [5.74, 6) is -0.119. The monoisotopic (exact) mass is 392 g/mol. The van der Waals surface area contributed by atoms with Gasteiger partial charge in [-0.2, -0.15) is 0 Å². The molecule has 0 aliphatic carbocycles. The van der Waals surface area contributed by atoms with Crippen LogP contribution in [-0.4, -0.2) is 21.2 Å². The van der Waals surface area contributed by atoms with Crippen molar-refractivity contribution in [3.8, 4) is 17.2 Å². The molecular weight excluding hydrogens is 376 g/mol. The van der Waals surface area contributed by atoms with E-state index in [9.17, 15) is 9.90 Å². The number of hydrogen-bond acceptors (Lipinski definition) is 7. The van der Waals surface area contributed by atoms with Gasteiger partial charge in [0.25, 0.3) is 5.91 Å². The van der Waals surface area contributed by atoms with E-state index in [-0.39, 0.29) is 11.4 Å². The Morgan fingerprint density at radius 2 is 1.93 bits per heavy atom. The number of carbonyl (C=O) groups is 1. The molecule has 0 aliphatic heterocycles. The highest BCUT2D eigenvalue weighted by Crippen LogP contribution is 2.28. The molecule has 140 valence electrons. The van der Waals surface area contributed by atoms with Gasteiger partial charge in [0.2, 0.25) is 0 Å². The van der Waals surface area contributed by atoms with Gasteiger partial charge in [-0.25, -0.2) is 4.98 Å². The van der Waals surface area contributed by atoms with Crippen molar-refractivity contribution in [1.29, 1.82) is 0 Å². The van der Waals surface area contributed by atoms with Crippen LogP contribution in [0.15, 0.2) is 64.5 Å². The molecule has 4 aromatic rings. The van der Waals surface area contributed by atoms with Gasteiger partial charge in [-0.05, 0) is 31.2 Å². The van der Waals surface area contributed by atoms with Crippen LogP contribution >= 0.6 is 11.3 Å². The van der Waals surface area contributed by atoms with Gasteiger partial charge in [-0.3, -0.25) is 4.79 Å². The van der Waals surface area contributed by atoms with Crippen LogP contribution in [0, 0.1) is 6.92 Å². The summed E-state index contributed by atoms with van der Waals surface area (Å²) in [5.41, 5.74) is 3.09. The Labute approximate surface area is 164 Å². The maximum Gasteiger partial charge on any atom is 0.277 e. The third-order valence-electron chi connectivity index (χ3n) is 3.95. The number of nitrogens with one attached hydrogen (secondary N) is 2. The second kappa shape index (κ2) is 7.53. The quantitative estimate of drug-likeness (QED) is 0.422. The first kappa shape index (κ1) is 17.7. The Morgan fingerprint density at radius 3 is 2.71 bits per heavy atom. The lowest BCUT2D eigenvalue weighted by Gasteiger charge is -2.04. The number of thiazole rings is 1. The van der Waals surface area contributed by atoms with E-state index in [1.807, 2.05) is 36.6 Å². The zero-order valence-electron chi connectivity index (χ0n) is 14.8. The molecule has 4 rings (SSSR count). The Morgan fingerprint density at radius 1 is 1.14 bits per heavy atom. The topological polar surface area (TPSA) is 100 Å². The highest BCUT2D eigenvalue weighted by Gasteiger charge is 2.17. The number of phenols is 1. The summed E-state index contributed by atoms with van der Waals surface area (Å²) in [6.45, 7) is 2.03. The Balaban J connectivity index is 1.47. The molecule has 2 heterocycles. The van der Waals surface area contributed by atoms with E-state index in [1.54, 1.807) is 18.2 Å². The highest BCUT2D eigenvalue weighted by atomic mass is 32.1. The second-order valence-electron chi connectivity index (χ2n) is 6.08. The van der Waals surface area contributed by atoms with Crippen molar-refractivity contribution in [3.63, 3.8) is 0 Å². The summed E-state index contributed by atoms with van der Waals surface area (Å²) in [7, 11) is 0. The van der Waals surface area contributed by atoms with Gasteiger partial charge in [0.1, 0.15) is 11.4 Å². The minimum Gasteiger partial charge on any atom is -0.506 e. The number of anilines is 3. The van der Waals surface area contributed by atoms with E-state index in [4.69, 9.17) is 4.52 Å². The molecule has 0 saturated carbocycles. The number of rotatable bonds is 5. The number of aromatic nitrogens is 2. The number of para-hydroxylation sites is 2. The van der Waals surface area contributed by atoms with Gasteiger partial charge in [-0.15, -0.1) is 11.3 Å². The van der Waals surface area contributed by atoms with Crippen LogP contribution in [0.25, 0.3) is 11.5 Å². The van der Waals surface area contributed by atoms with Gasteiger partial charge >= 0.3 is 0 Å². The fraction of sp³-hybridized carbons (Fsp3) is 0.0500. The maximum absolute atomic E-state index is 12.3. The van der Waals surface area contributed by atoms with Crippen molar-refractivity contribution in [1.82, 2.24) is 10.1 Å². The third kappa shape index (κ3) is 3.86. The largest absolute Gasteiger partial charge is 0.506 e. The van der Waals surface area contributed by atoms with Crippen molar-refractivity contribution in [2.45, 2.75) is 6.92 Å². The van der Waals surface area contributed by atoms with Gasteiger partial charge < -0.3 is 20.3 Å². The number of phenolic OH excluding ortho intramolecular Hbond substituents is 1. The van der Waals surface area contributed by atoms with Gasteiger partial charge in [0, 0.05) is 17.1 Å². The average molecular weight is 392 g/mol. The average Bonchev–Trinajstić information content (AvgIpc) is 3.35. The molecule has 0 radical (unpaired) electrons. The number of nitrogens with zero attached hydrogens (tertiary/aromatic N) is 2. The van der Waals surface area contributed by atoms with E-state index in [2.05, 4.69) is 20.8 Å². The SMILES string of the molecule is Cc1ccc(Nc2nc(-c3cc(C(=O)Nc4ccccc4O)no3)cs2)cc1. The van der Waals surface area contributed by atoms with Crippen molar-refractivity contribution < 1.29 is 14.4 Å². The Hall–Kier alpha value is -3.65. The van der Waals surface area contributed by atoms with E-state index in [0.717, 1.165) is 5.69 Å². The molecule has 3 N–H and O–H groups in total. The molecule has 28 heavy (non-hydrogen) atoms. The lowest BCUT2D eigenvalue weighted by Crippen LogP contribution is -2.12. The molecular formula is C20H16N4O3S. The molecule has 0 spiro atoms. The molecule has 1 amide bonds. The first-order chi connectivity index (χ1) is 13.6. The van der Waals surface area contributed by atoms with E-state index in [1.165, 1.54) is 29.0 Å². The van der Waals surface area contributed by atoms with Crippen LogP contribution in [0.4, 0.5) is 16.5 Å². The van der Waals surface area contributed by atoms with Crippen molar-refractivity contribution in [2.24, 2.45) is 0 Å². The van der Waals surface area contributed by atoms with Crippen molar-refractivity contribution >= 4 is 33.8 Å². The lowest BCUT2D eigenvalue weighted by molar-refractivity contribution is 0.101. The first-order valence-corrected chi connectivity index (χ1v) is 9.32. The molecule has 0 aliphatic rings. The summed E-state index contributed by atoms with van der Waals surface area (Å²) in [6, 6.07) is 16.0. The second-order valence-corrected chi connectivity index (χ2v) is 6.93. The normalized spacial score (nSPS) is 10.6. The standard InChI is InChI=1S/C20H16N4O3S/c1-12-6-8-13(9-7-12)21-20-23-16(11-28-20)18-10-15(24-27-18)19(26)22-14-4-2-3-5-17(14)25/h2-11,25H,1H3,(H,21,23)(H,22,26).